The van der Waals surface area contributed by atoms with E-state index in [4.69, 9.17) is 4.74 Å². The largest absolute Gasteiger partial charge is 0.368 e. The number of rotatable bonds is 6. The van der Waals surface area contributed by atoms with Crippen molar-refractivity contribution < 1.29 is 4.74 Å². The molecule has 0 radical (unpaired) electrons. The molecule has 0 saturated heterocycles. The van der Waals surface area contributed by atoms with Crippen LogP contribution in [0.5, 0.6) is 0 Å². The maximum Gasteiger partial charge on any atom is 0.0835 e. The molecule has 25 heavy (non-hydrogen) atoms. The Labute approximate surface area is 156 Å². The molecule has 1 heteroatoms. The van der Waals surface area contributed by atoms with Crippen LogP contribution in [0.15, 0.2) is 34.9 Å². The Bertz CT molecular complexity index is 551. The molecule has 2 rings (SSSR count). The maximum absolute atomic E-state index is 6.42. The van der Waals surface area contributed by atoms with Gasteiger partial charge in [-0.2, -0.15) is 0 Å². The van der Waals surface area contributed by atoms with Crippen LogP contribution in [0.2, 0.25) is 0 Å². The van der Waals surface area contributed by atoms with Crippen LogP contribution in [0.1, 0.15) is 87.5 Å². The van der Waals surface area contributed by atoms with Crippen molar-refractivity contribution in [3.8, 4) is 0 Å². The molecule has 0 aromatic carbocycles. The topological polar surface area (TPSA) is 9.23 Å². The highest BCUT2D eigenvalue weighted by molar-refractivity contribution is 5.50. The molecular weight excluding hydrogens is 304 g/mol. The molecule has 0 spiro atoms. The zero-order valence-electron chi connectivity index (χ0n) is 17.9. The van der Waals surface area contributed by atoms with Crippen molar-refractivity contribution in [1.82, 2.24) is 0 Å². The lowest BCUT2D eigenvalue weighted by Crippen LogP contribution is -2.32. The molecular formula is C24H40O. The van der Waals surface area contributed by atoms with E-state index in [0.717, 1.165) is 12.8 Å². The standard InChI is InChI=1S/C24H40O/c1-9-24(7,8)16-21(17(2)3)19-12-10-14-20-18(19)13-11-15-22(20)25-23(4,5)6/h11-13,17,21-22H,9-10,14-16H2,1-8H3. The fourth-order valence-electron chi connectivity index (χ4n) is 4.14. The molecule has 0 heterocycles. The first kappa shape index (κ1) is 20.5. The minimum atomic E-state index is -0.0864. The third-order valence-electron chi connectivity index (χ3n) is 5.89. The average Bonchev–Trinajstić information content (AvgIpc) is 2.51. The van der Waals surface area contributed by atoms with Crippen molar-refractivity contribution in [2.24, 2.45) is 17.3 Å². The van der Waals surface area contributed by atoms with Crippen LogP contribution in [0.25, 0.3) is 0 Å². The highest BCUT2D eigenvalue weighted by Crippen LogP contribution is 2.44. The lowest BCUT2D eigenvalue weighted by Gasteiger charge is -2.38. The second-order valence-electron chi connectivity index (χ2n) is 10.1. The molecule has 0 fully saturated rings. The van der Waals surface area contributed by atoms with Gasteiger partial charge in [0, 0.05) is 0 Å². The van der Waals surface area contributed by atoms with Gasteiger partial charge in [0.15, 0.2) is 0 Å². The lowest BCUT2D eigenvalue weighted by atomic mass is 9.69. The molecule has 2 atom stereocenters. The Kier molecular flexibility index (Phi) is 6.41. The summed E-state index contributed by atoms with van der Waals surface area (Å²) in [6.45, 7) is 18.5. The van der Waals surface area contributed by atoms with Gasteiger partial charge in [-0.05, 0) is 80.4 Å². The molecule has 142 valence electrons. The Morgan fingerprint density at radius 3 is 2.40 bits per heavy atom. The highest BCUT2D eigenvalue weighted by Gasteiger charge is 2.33. The molecule has 0 bridgehead atoms. The van der Waals surface area contributed by atoms with E-state index < -0.39 is 0 Å². The Balaban J connectivity index is 2.34. The van der Waals surface area contributed by atoms with Gasteiger partial charge in [0.2, 0.25) is 0 Å². The highest BCUT2D eigenvalue weighted by atomic mass is 16.5. The molecule has 0 aromatic rings. The molecule has 0 saturated carbocycles. The molecule has 2 unspecified atom stereocenters. The first-order valence-electron chi connectivity index (χ1n) is 10.3. The summed E-state index contributed by atoms with van der Waals surface area (Å²) in [5.74, 6) is 1.31. The Hall–Kier alpha value is -0.820. The van der Waals surface area contributed by atoms with Crippen LogP contribution < -0.4 is 0 Å². The third kappa shape index (κ3) is 5.33. The van der Waals surface area contributed by atoms with Gasteiger partial charge in [-0.15, -0.1) is 0 Å². The molecule has 0 aliphatic heterocycles. The van der Waals surface area contributed by atoms with Crippen molar-refractivity contribution >= 4 is 0 Å². The van der Waals surface area contributed by atoms with Crippen LogP contribution in [0.3, 0.4) is 0 Å². The number of hydrogen-bond donors (Lipinski definition) is 0. The second kappa shape index (κ2) is 7.82. The smallest absolute Gasteiger partial charge is 0.0835 e. The molecule has 0 aromatic heterocycles. The summed E-state index contributed by atoms with van der Waals surface area (Å²) >= 11 is 0. The molecule has 2 aliphatic rings. The van der Waals surface area contributed by atoms with Crippen molar-refractivity contribution in [1.29, 1.82) is 0 Å². The average molecular weight is 345 g/mol. The Morgan fingerprint density at radius 1 is 1.16 bits per heavy atom. The van der Waals surface area contributed by atoms with Crippen LogP contribution in [0.4, 0.5) is 0 Å². The lowest BCUT2D eigenvalue weighted by molar-refractivity contribution is -0.0436. The fraction of sp³-hybridized carbons (Fsp3) is 0.750. The van der Waals surface area contributed by atoms with Gasteiger partial charge in [-0.25, -0.2) is 0 Å². The van der Waals surface area contributed by atoms with Gasteiger partial charge in [-0.3, -0.25) is 0 Å². The van der Waals surface area contributed by atoms with Crippen molar-refractivity contribution in [3.63, 3.8) is 0 Å². The van der Waals surface area contributed by atoms with Crippen LogP contribution in [-0.2, 0) is 4.74 Å². The second-order valence-corrected chi connectivity index (χ2v) is 10.1. The predicted octanol–water partition coefficient (Wildman–Crippen LogP) is 7.25. The summed E-state index contributed by atoms with van der Waals surface area (Å²) in [4.78, 5) is 0. The molecule has 1 nitrogen and oxygen atoms in total. The first-order valence-corrected chi connectivity index (χ1v) is 10.3. The van der Waals surface area contributed by atoms with Crippen molar-refractivity contribution in [2.75, 3.05) is 0 Å². The SMILES string of the molecule is CCC(C)(C)CC(C1=CCCC2=C1C=CCC2OC(C)(C)C)C(C)C. The number of ether oxygens (including phenoxy) is 1. The normalized spacial score (nSPS) is 22.9. The van der Waals surface area contributed by atoms with E-state index in [-0.39, 0.29) is 11.7 Å². The molecule has 2 aliphatic carbocycles. The summed E-state index contributed by atoms with van der Waals surface area (Å²) < 4.78 is 6.42. The van der Waals surface area contributed by atoms with E-state index in [1.54, 1.807) is 11.1 Å². The van der Waals surface area contributed by atoms with Crippen LogP contribution in [-0.4, -0.2) is 11.7 Å². The summed E-state index contributed by atoms with van der Waals surface area (Å²) in [6.07, 6.45) is 13.4. The van der Waals surface area contributed by atoms with E-state index >= 15 is 0 Å². The van der Waals surface area contributed by atoms with E-state index in [1.165, 1.54) is 24.8 Å². The van der Waals surface area contributed by atoms with Gasteiger partial charge in [0.25, 0.3) is 0 Å². The summed E-state index contributed by atoms with van der Waals surface area (Å²) in [5.41, 5.74) is 4.95. The minimum Gasteiger partial charge on any atom is -0.368 e. The van der Waals surface area contributed by atoms with Crippen LogP contribution in [0, 0.1) is 17.3 Å². The van der Waals surface area contributed by atoms with E-state index in [1.807, 2.05) is 0 Å². The fourth-order valence-corrected chi connectivity index (χ4v) is 4.14. The zero-order chi connectivity index (χ0) is 18.8. The Morgan fingerprint density at radius 2 is 1.84 bits per heavy atom. The summed E-state index contributed by atoms with van der Waals surface area (Å²) in [6, 6.07) is 0. The number of hydrogen-bond acceptors (Lipinski definition) is 1. The summed E-state index contributed by atoms with van der Waals surface area (Å²) in [5, 5.41) is 0. The monoisotopic (exact) mass is 344 g/mol. The van der Waals surface area contributed by atoms with E-state index in [0.29, 0.717) is 17.3 Å². The third-order valence-corrected chi connectivity index (χ3v) is 5.89. The van der Waals surface area contributed by atoms with Gasteiger partial charge in [0.05, 0.1) is 11.7 Å². The van der Waals surface area contributed by atoms with Crippen molar-refractivity contribution in [3.05, 3.63) is 34.9 Å². The van der Waals surface area contributed by atoms with Gasteiger partial charge in [-0.1, -0.05) is 59.3 Å². The zero-order valence-corrected chi connectivity index (χ0v) is 17.9. The van der Waals surface area contributed by atoms with E-state index in [9.17, 15) is 0 Å². The van der Waals surface area contributed by atoms with E-state index in [2.05, 4.69) is 73.6 Å². The van der Waals surface area contributed by atoms with Gasteiger partial charge < -0.3 is 4.74 Å². The van der Waals surface area contributed by atoms with Gasteiger partial charge in [0.1, 0.15) is 0 Å². The minimum absolute atomic E-state index is 0.0864. The van der Waals surface area contributed by atoms with Crippen LogP contribution >= 0.6 is 0 Å². The van der Waals surface area contributed by atoms with Gasteiger partial charge >= 0.3 is 0 Å². The molecule has 0 amide bonds. The first-order chi connectivity index (χ1) is 11.5. The van der Waals surface area contributed by atoms with Crippen molar-refractivity contribution in [2.45, 2.75) is 99.2 Å². The number of allylic oxidation sites excluding steroid dienone is 4. The quantitative estimate of drug-likeness (QED) is 0.493. The molecule has 0 N–H and O–H groups in total. The summed E-state index contributed by atoms with van der Waals surface area (Å²) in [7, 11) is 0. The maximum atomic E-state index is 6.42. The predicted molar refractivity (Wildman–Crippen MR) is 110 cm³/mol.